The molecule has 0 heterocycles. The fraction of sp³-hybridized carbons (Fsp3) is 0.154. The monoisotopic (exact) mass is 750 g/mol. The number of fused-ring (bicyclic) bond motifs is 2. The van der Waals surface area contributed by atoms with Crippen LogP contribution in [0.25, 0.3) is 21.5 Å². The first-order valence-corrected chi connectivity index (χ1v) is 20.7. The van der Waals surface area contributed by atoms with Crippen molar-refractivity contribution in [2.45, 2.75) is 36.5 Å². The summed E-state index contributed by atoms with van der Waals surface area (Å²) in [5.41, 5.74) is 6.04. The van der Waals surface area contributed by atoms with Gasteiger partial charge in [-0.25, -0.2) is 0 Å². The maximum Gasteiger partial charge on any atom is 0.319 e. The number of rotatable bonds is 16. The van der Waals surface area contributed by atoms with Gasteiger partial charge in [-0.3, -0.25) is 4.57 Å². The van der Waals surface area contributed by atoms with E-state index in [1.165, 1.54) is 54.9 Å². The van der Waals surface area contributed by atoms with E-state index in [-0.39, 0.29) is 13.2 Å². The molecule has 278 valence electrons. The van der Waals surface area contributed by atoms with Crippen LogP contribution in [0.5, 0.6) is 0 Å². The zero-order chi connectivity index (χ0) is 38.0. The highest BCUT2D eigenvalue weighted by atomic mass is 31.1. The van der Waals surface area contributed by atoms with E-state index in [0.717, 1.165) is 0 Å². The topological polar surface area (TPSA) is 35.5 Å². The lowest BCUT2D eigenvalue weighted by Gasteiger charge is -2.37. The van der Waals surface area contributed by atoms with Gasteiger partial charge in [0, 0.05) is 10.8 Å². The standard InChI is InChI=1S/C52H47O3P/c53-56(54-39-51(35-41-19-5-1-6-20-41,36-42-21-7-2-8-22-42)49-33-17-29-45-27-13-15-31-47(45)49)55-40-52(37-43-23-9-3-10-24-43,38-44-25-11-4-12-26-44)50-34-18-30-46-28-14-16-32-48(46)50/h1-34,56H,35-40H2. The molecule has 0 amide bonds. The second kappa shape index (κ2) is 17.5. The summed E-state index contributed by atoms with van der Waals surface area (Å²) in [4.78, 5) is 0. The van der Waals surface area contributed by atoms with Crippen LogP contribution in [0.3, 0.4) is 0 Å². The minimum Gasteiger partial charge on any atom is -0.310 e. The lowest BCUT2D eigenvalue weighted by atomic mass is 9.70. The minimum atomic E-state index is -2.99. The second-order valence-corrected chi connectivity index (χ2v) is 16.2. The van der Waals surface area contributed by atoms with Crippen LogP contribution in [0.2, 0.25) is 0 Å². The van der Waals surface area contributed by atoms with Crippen LogP contribution < -0.4 is 0 Å². The molecule has 0 bridgehead atoms. The Morgan fingerprint density at radius 2 is 0.625 bits per heavy atom. The van der Waals surface area contributed by atoms with E-state index >= 15 is 0 Å². The molecule has 8 aromatic rings. The molecule has 0 aliphatic rings. The summed E-state index contributed by atoms with van der Waals surface area (Å²) in [7, 11) is -2.99. The number of hydrogen-bond acceptors (Lipinski definition) is 3. The Kier molecular flexibility index (Phi) is 11.7. The first kappa shape index (κ1) is 37.4. The van der Waals surface area contributed by atoms with Crippen LogP contribution in [0.1, 0.15) is 33.4 Å². The first-order chi connectivity index (χ1) is 27.6. The van der Waals surface area contributed by atoms with E-state index in [9.17, 15) is 4.57 Å². The SMILES string of the molecule is O=[PH](OCC(Cc1ccccc1)(Cc1ccccc1)c1cccc2ccccc12)OCC(Cc1ccccc1)(Cc1ccccc1)c1cccc2ccccc12. The van der Waals surface area contributed by atoms with Crippen molar-refractivity contribution in [3.05, 3.63) is 240 Å². The van der Waals surface area contributed by atoms with Crippen LogP contribution in [-0.2, 0) is 50.1 Å². The van der Waals surface area contributed by atoms with Crippen molar-refractivity contribution < 1.29 is 13.6 Å². The van der Waals surface area contributed by atoms with E-state index in [2.05, 4.69) is 206 Å². The van der Waals surface area contributed by atoms with Gasteiger partial charge in [0.15, 0.2) is 0 Å². The molecule has 3 nitrogen and oxygen atoms in total. The van der Waals surface area contributed by atoms with Crippen LogP contribution in [-0.4, -0.2) is 13.2 Å². The Bertz CT molecular complexity index is 2230. The molecule has 0 unspecified atom stereocenters. The maximum atomic E-state index is 14.5. The van der Waals surface area contributed by atoms with Crippen molar-refractivity contribution in [2.75, 3.05) is 13.2 Å². The van der Waals surface area contributed by atoms with Crippen LogP contribution in [0.4, 0.5) is 0 Å². The summed E-state index contributed by atoms with van der Waals surface area (Å²) in [5.74, 6) is 0. The third-order valence-corrected chi connectivity index (χ3v) is 12.0. The average Bonchev–Trinajstić information content (AvgIpc) is 3.26. The highest BCUT2D eigenvalue weighted by molar-refractivity contribution is 7.33. The molecule has 0 N–H and O–H groups in total. The molecular formula is C52H47O3P. The molecule has 0 aliphatic heterocycles. The fourth-order valence-corrected chi connectivity index (χ4v) is 9.50. The molecule has 56 heavy (non-hydrogen) atoms. The van der Waals surface area contributed by atoms with E-state index in [4.69, 9.17) is 9.05 Å². The predicted molar refractivity (Wildman–Crippen MR) is 233 cm³/mol. The second-order valence-electron chi connectivity index (χ2n) is 15.1. The van der Waals surface area contributed by atoms with Crippen molar-refractivity contribution in [1.29, 1.82) is 0 Å². The molecule has 0 aromatic heterocycles. The van der Waals surface area contributed by atoms with E-state index in [0.29, 0.717) is 25.7 Å². The Morgan fingerprint density at radius 3 is 0.964 bits per heavy atom. The van der Waals surface area contributed by atoms with Gasteiger partial charge in [0.05, 0.1) is 13.2 Å². The minimum absolute atomic E-state index is 0.223. The average molecular weight is 751 g/mol. The van der Waals surface area contributed by atoms with Gasteiger partial charge in [0.25, 0.3) is 0 Å². The van der Waals surface area contributed by atoms with Crippen LogP contribution in [0, 0.1) is 0 Å². The van der Waals surface area contributed by atoms with E-state index in [1.54, 1.807) is 0 Å². The Balaban J connectivity index is 1.17. The summed E-state index contributed by atoms with van der Waals surface area (Å²) in [6, 6.07) is 72.4. The van der Waals surface area contributed by atoms with Gasteiger partial charge in [-0.1, -0.05) is 206 Å². The normalized spacial score (nSPS) is 12.0. The molecule has 0 atom stereocenters. The molecule has 0 radical (unpaired) electrons. The molecule has 4 heteroatoms. The molecule has 0 fully saturated rings. The van der Waals surface area contributed by atoms with Crippen molar-refractivity contribution in [3.63, 3.8) is 0 Å². The number of benzene rings is 8. The van der Waals surface area contributed by atoms with E-state index in [1.807, 2.05) is 0 Å². The van der Waals surface area contributed by atoms with Crippen molar-refractivity contribution >= 4 is 29.8 Å². The first-order valence-electron chi connectivity index (χ1n) is 19.5. The third-order valence-electron chi connectivity index (χ3n) is 11.2. The quantitative estimate of drug-likeness (QED) is 0.0923. The molecule has 8 rings (SSSR count). The van der Waals surface area contributed by atoms with Gasteiger partial charge in [-0.2, -0.15) is 0 Å². The fourth-order valence-electron chi connectivity index (χ4n) is 8.62. The largest absolute Gasteiger partial charge is 0.319 e. The molecule has 0 saturated heterocycles. The van der Waals surface area contributed by atoms with Gasteiger partial charge < -0.3 is 9.05 Å². The third kappa shape index (κ3) is 8.62. The summed E-state index contributed by atoms with van der Waals surface area (Å²) < 4.78 is 27.7. The van der Waals surface area contributed by atoms with Crippen molar-refractivity contribution in [2.24, 2.45) is 0 Å². The smallest absolute Gasteiger partial charge is 0.310 e. The van der Waals surface area contributed by atoms with Gasteiger partial charge in [0.1, 0.15) is 0 Å². The van der Waals surface area contributed by atoms with Crippen LogP contribution in [0.15, 0.2) is 206 Å². The maximum absolute atomic E-state index is 14.5. The highest BCUT2D eigenvalue weighted by Crippen LogP contribution is 2.43. The Morgan fingerprint density at radius 1 is 0.339 bits per heavy atom. The lowest BCUT2D eigenvalue weighted by molar-refractivity contribution is 0.150. The molecular weight excluding hydrogens is 704 g/mol. The molecule has 8 aromatic carbocycles. The van der Waals surface area contributed by atoms with Crippen LogP contribution >= 0.6 is 8.25 Å². The Labute approximate surface area is 331 Å². The summed E-state index contributed by atoms with van der Waals surface area (Å²) in [6.45, 7) is 0.447. The predicted octanol–water partition coefficient (Wildman–Crippen LogP) is 12.6. The highest BCUT2D eigenvalue weighted by Gasteiger charge is 2.38. The summed E-state index contributed by atoms with van der Waals surface area (Å²) in [5, 5.41) is 4.68. The lowest BCUT2D eigenvalue weighted by Crippen LogP contribution is -2.38. The van der Waals surface area contributed by atoms with Gasteiger partial charge in [0.2, 0.25) is 0 Å². The zero-order valence-corrected chi connectivity index (χ0v) is 32.6. The molecule has 0 saturated carbocycles. The summed E-state index contributed by atoms with van der Waals surface area (Å²) >= 11 is 0. The zero-order valence-electron chi connectivity index (χ0n) is 31.6. The van der Waals surface area contributed by atoms with Gasteiger partial charge in [-0.15, -0.1) is 0 Å². The number of hydrogen-bond donors (Lipinski definition) is 0. The Hall–Kier alpha value is -5.57. The van der Waals surface area contributed by atoms with Gasteiger partial charge in [-0.05, 0) is 80.6 Å². The van der Waals surface area contributed by atoms with Gasteiger partial charge >= 0.3 is 8.25 Å². The molecule has 0 spiro atoms. The summed E-state index contributed by atoms with van der Waals surface area (Å²) in [6.07, 6.45) is 2.81. The molecule has 0 aliphatic carbocycles. The van der Waals surface area contributed by atoms with Crippen molar-refractivity contribution in [3.8, 4) is 0 Å². The van der Waals surface area contributed by atoms with Crippen molar-refractivity contribution in [1.82, 2.24) is 0 Å². The van der Waals surface area contributed by atoms with E-state index < -0.39 is 19.1 Å².